The van der Waals surface area contributed by atoms with Gasteiger partial charge >= 0.3 is 0 Å². The Bertz CT molecular complexity index is 1680. The van der Waals surface area contributed by atoms with Crippen molar-refractivity contribution in [1.29, 1.82) is 5.26 Å². The van der Waals surface area contributed by atoms with Gasteiger partial charge in [0.05, 0.1) is 41.9 Å². The molecule has 1 amide bonds. The molecule has 3 atom stereocenters. The Balaban J connectivity index is 1.23. The van der Waals surface area contributed by atoms with Crippen molar-refractivity contribution in [3.8, 4) is 17.2 Å². The normalized spacial score (nSPS) is 16.9. The van der Waals surface area contributed by atoms with Crippen LogP contribution in [0.4, 0.5) is 18.9 Å². The number of hydrogen-bond acceptors (Lipinski definition) is 7. The molecule has 5 rings (SSSR count). The van der Waals surface area contributed by atoms with Crippen LogP contribution in [0.1, 0.15) is 23.1 Å². The van der Waals surface area contributed by atoms with E-state index in [1.807, 2.05) is 18.2 Å². The van der Waals surface area contributed by atoms with Gasteiger partial charge in [-0.15, -0.1) is 11.8 Å². The lowest BCUT2D eigenvalue weighted by molar-refractivity contribution is -0.118. The highest BCUT2D eigenvalue weighted by atomic mass is 32.2. The average Bonchev–Trinajstić information content (AvgIpc) is 3.04. The first-order valence-electron chi connectivity index (χ1n) is 14.5. The van der Waals surface area contributed by atoms with Crippen molar-refractivity contribution in [1.82, 2.24) is 10.3 Å². The van der Waals surface area contributed by atoms with E-state index < -0.39 is 29.4 Å². The molecule has 4 N–H and O–H groups in total. The number of thioether (sulfide) groups is 1. The number of morpholine rings is 1. The van der Waals surface area contributed by atoms with E-state index in [1.54, 1.807) is 30.0 Å². The van der Waals surface area contributed by atoms with Crippen molar-refractivity contribution < 1.29 is 22.7 Å². The molecule has 2 heterocycles. The molecule has 0 bridgehead atoms. The number of rotatable bonds is 12. The van der Waals surface area contributed by atoms with Gasteiger partial charge in [0, 0.05) is 41.3 Å². The molecule has 0 saturated carbocycles. The fourth-order valence-corrected chi connectivity index (χ4v) is 6.19. The number of nitrogens with one attached hydrogen (secondary N) is 2. The molecule has 0 radical (unpaired) electrons. The van der Waals surface area contributed by atoms with E-state index in [-0.39, 0.29) is 24.2 Å². The summed E-state index contributed by atoms with van der Waals surface area (Å²) in [5, 5.41) is 15.6. The summed E-state index contributed by atoms with van der Waals surface area (Å²) in [6.07, 6.45) is 3.31. The first-order valence-corrected chi connectivity index (χ1v) is 15.5. The van der Waals surface area contributed by atoms with Gasteiger partial charge in [-0.1, -0.05) is 24.3 Å². The number of primary amides is 1. The van der Waals surface area contributed by atoms with Gasteiger partial charge in [-0.3, -0.25) is 9.78 Å². The third-order valence-corrected chi connectivity index (χ3v) is 8.67. The van der Waals surface area contributed by atoms with Crippen LogP contribution in [0.3, 0.4) is 0 Å². The smallest absolute Gasteiger partial charge is 0.240 e. The number of nitriles is 1. The molecule has 3 aromatic carbocycles. The van der Waals surface area contributed by atoms with Gasteiger partial charge in [0.1, 0.15) is 23.5 Å². The van der Waals surface area contributed by atoms with Crippen molar-refractivity contribution >= 4 is 23.4 Å². The van der Waals surface area contributed by atoms with Crippen LogP contribution in [-0.4, -0.2) is 48.0 Å². The topological polar surface area (TPSA) is 113 Å². The maximum absolute atomic E-state index is 15.1. The molecule has 11 heteroatoms. The second-order valence-corrected chi connectivity index (χ2v) is 11.9. The number of benzene rings is 3. The lowest BCUT2D eigenvalue weighted by Gasteiger charge is -2.31. The summed E-state index contributed by atoms with van der Waals surface area (Å²) < 4.78 is 49.4. The summed E-state index contributed by atoms with van der Waals surface area (Å²) >= 11 is 1.61. The number of aromatic nitrogens is 1. The Morgan fingerprint density at radius 3 is 2.64 bits per heavy atom. The molecule has 1 saturated heterocycles. The SMILES string of the molecule is N#Cc1cccc(SC[C@@H]2CNC[C@@H](CCc3c(F)cncc3N[C@@H](Cc3ccc(F)c(-c4ccc(F)cc4)c3)C(N)=O)O2)c1. The molecule has 7 nitrogen and oxygen atoms in total. The quantitative estimate of drug-likeness (QED) is 0.174. The summed E-state index contributed by atoms with van der Waals surface area (Å²) in [4.78, 5) is 17.5. The van der Waals surface area contributed by atoms with Crippen molar-refractivity contribution in [3.05, 3.63) is 113 Å². The van der Waals surface area contributed by atoms with Crippen LogP contribution in [0, 0.1) is 28.8 Å². The summed E-state index contributed by atoms with van der Waals surface area (Å²) in [5.74, 6) is -1.41. The zero-order valence-electron chi connectivity index (χ0n) is 24.3. The summed E-state index contributed by atoms with van der Waals surface area (Å²) in [5.41, 5.74) is 8.40. The molecule has 1 aliphatic rings. The fraction of sp³-hybridized carbons (Fsp3) is 0.265. The molecule has 1 aliphatic heterocycles. The number of ether oxygens (including phenoxy) is 1. The number of hydrogen-bond donors (Lipinski definition) is 3. The molecule has 1 aromatic heterocycles. The highest BCUT2D eigenvalue weighted by Gasteiger charge is 2.24. The number of amides is 1. The fourth-order valence-electron chi connectivity index (χ4n) is 5.23. The van der Waals surface area contributed by atoms with Crippen LogP contribution in [0.15, 0.2) is 84.0 Å². The summed E-state index contributed by atoms with van der Waals surface area (Å²) in [6, 6.07) is 18.5. The minimum Gasteiger partial charge on any atom is -0.372 e. The Labute approximate surface area is 264 Å². The summed E-state index contributed by atoms with van der Waals surface area (Å²) in [6.45, 7) is 1.30. The van der Waals surface area contributed by atoms with Gasteiger partial charge in [0.2, 0.25) is 5.91 Å². The predicted octanol–water partition coefficient (Wildman–Crippen LogP) is 5.63. The molecule has 232 valence electrons. The minimum absolute atomic E-state index is 0.0610. The van der Waals surface area contributed by atoms with Crippen molar-refractivity contribution in [2.75, 3.05) is 24.2 Å². The largest absolute Gasteiger partial charge is 0.372 e. The lowest BCUT2D eigenvalue weighted by atomic mass is 9.98. The second-order valence-electron chi connectivity index (χ2n) is 10.8. The number of halogens is 3. The molecule has 0 spiro atoms. The summed E-state index contributed by atoms with van der Waals surface area (Å²) in [7, 11) is 0. The number of nitrogens with two attached hydrogens (primary N) is 1. The van der Waals surface area contributed by atoms with Crippen molar-refractivity contribution in [2.45, 2.75) is 42.4 Å². The lowest BCUT2D eigenvalue weighted by Crippen LogP contribution is -2.46. The van der Waals surface area contributed by atoms with E-state index >= 15 is 4.39 Å². The van der Waals surface area contributed by atoms with Gasteiger partial charge in [-0.2, -0.15) is 5.26 Å². The van der Waals surface area contributed by atoms with Crippen molar-refractivity contribution in [3.63, 3.8) is 0 Å². The van der Waals surface area contributed by atoms with Crippen LogP contribution in [-0.2, 0) is 22.4 Å². The molecule has 1 fully saturated rings. The Morgan fingerprint density at radius 1 is 1.07 bits per heavy atom. The highest BCUT2D eigenvalue weighted by Crippen LogP contribution is 2.27. The molecule has 0 aliphatic carbocycles. The van der Waals surface area contributed by atoms with Gasteiger partial charge in [-0.25, -0.2) is 13.2 Å². The molecule has 4 aromatic rings. The van der Waals surface area contributed by atoms with E-state index in [1.165, 1.54) is 36.5 Å². The zero-order chi connectivity index (χ0) is 31.8. The van der Waals surface area contributed by atoms with Gasteiger partial charge in [0.15, 0.2) is 0 Å². The van der Waals surface area contributed by atoms with Gasteiger partial charge in [-0.05, 0) is 66.4 Å². The Hall–Kier alpha value is -4.37. The van der Waals surface area contributed by atoms with E-state index in [9.17, 15) is 13.6 Å². The van der Waals surface area contributed by atoms with Crippen molar-refractivity contribution in [2.24, 2.45) is 5.73 Å². The first kappa shape index (κ1) is 32.0. The standard InChI is InChI=1S/C34H32F3N5O2S/c35-24-7-5-23(6-8-24)29-13-21(4-11-30(29)36)14-32(34(39)43)42-33-19-41-18-31(37)28(33)10-9-25-16-40-17-26(44-25)20-45-27-3-1-2-22(12-27)15-38/h1-8,11-13,18-19,25-26,32,40,42H,9-10,14,16-17,20H2,(H2,39,43)/t25-,26+,32+/m1/s1. The maximum atomic E-state index is 15.1. The third-order valence-electron chi connectivity index (χ3n) is 7.55. The highest BCUT2D eigenvalue weighted by molar-refractivity contribution is 7.99. The number of carbonyl (C=O) groups is 1. The number of carbonyl (C=O) groups excluding carboxylic acids is 1. The average molecular weight is 632 g/mol. The Kier molecular flexibility index (Phi) is 10.7. The van der Waals surface area contributed by atoms with Crippen LogP contribution in [0.2, 0.25) is 0 Å². The molecule has 0 unspecified atom stereocenters. The van der Waals surface area contributed by atoms with Crippen LogP contribution in [0.25, 0.3) is 11.1 Å². The zero-order valence-corrected chi connectivity index (χ0v) is 25.1. The van der Waals surface area contributed by atoms with Crippen LogP contribution >= 0.6 is 11.8 Å². The monoisotopic (exact) mass is 631 g/mol. The van der Waals surface area contributed by atoms with Gasteiger partial charge in [0.25, 0.3) is 0 Å². The molecular formula is C34H32F3N5O2S. The van der Waals surface area contributed by atoms with E-state index in [0.717, 1.165) is 11.1 Å². The second kappa shape index (κ2) is 15.1. The first-order chi connectivity index (χ1) is 21.8. The van der Waals surface area contributed by atoms with E-state index in [0.29, 0.717) is 59.6 Å². The predicted molar refractivity (Wildman–Crippen MR) is 168 cm³/mol. The third kappa shape index (κ3) is 8.63. The van der Waals surface area contributed by atoms with Gasteiger partial charge < -0.3 is 21.1 Å². The van der Waals surface area contributed by atoms with E-state index in [4.69, 9.17) is 15.7 Å². The molecular weight excluding hydrogens is 599 g/mol. The van der Waals surface area contributed by atoms with E-state index in [2.05, 4.69) is 21.7 Å². The Morgan fingerprint density at radius 2 is 1.87 bits per heavy atom. The van der Waals surface area contributed by atoms with Crippen LogP contribution in [0.5, 0.6) is 0 Å². The maximum Gasteiger partial charge on any atom is 0.240 e. The van der Waals surface area contributed by atoms with Crippen LogP contribution < -0.4 is 16.4 Å². The minimum atomic E-state index is -0.938. The number of anilines is 1. The number of pyridine rings is 1. The number of nitrogens with zero attached hydrogens (tertiary/aromatic N) is 2. The molecule has 45 heavy (non-hydrogen) atoms.